The zero-order valence-corrected chi connectivity index (χ0v) is 16.3. The lowest BCUT2D eigenvalue weighted by molar-refractivity contribution is -0.116. The normalized spacial score (nSPS) is 10.5. The van der Waals surface area contributed by atoms with Crippen molar-refractivity contribution in [3.8, 4) is 5.75 Å². The Hall–Kier alpha value is -3.05. The van der Waals surface area contributed by atoms with Crippen molar-refractivity contribution in [2.24, 2.45) is 0 Å². The van der Waals surface area contributed by atoms with Crippen LogP contribution in [0.25, 0.3) is 10.8 Å². The molecule has 3 aromatic carbocycles. The summed E-state index contributed by atoms with van der Waals surface area (Å²) in [5.74, 6) is 0.463. The van der Waals surface area contributed by atoms with E-state index in [1.807, 2.05) is 42.5 Å². The molecule has 0 aliphatic rings. The van der Waals surface area contributed by atoms with E-state index in [1.54, 1.807) is 18.2 Å². The van der Waals surface area contributed by atoms with Gasteiger partial charge in [-0.05, 0) is 36.1 Å². The summed E-state index contributed by atoms with van der Waals surface area (Å²) in [7, 11) is 0. The first-order valence-electron chi connectivity index (χ1n) is 9.00. The molecule has 0 aromatic heterocycles. The smallest absolute Gasteiger partial charge is 0.224 e. The fourth-order valence-electron chi connectivity index (χ4n) is 2.85. The molecule has 0 atom stereocenters. The van der Waals surface area contributed by atoms with Gasteiger partial charge in [0.25, 0.3) is 0 Å². The topological polar surface area (TPSA) is 67.4 Å². The van der Waals surface area contributed by atoms with Crippen molar-refractivity contribution >= 4 is 45.6 Å². The van der Waals surface area contributed by atoms with Crippen LogP contribution in [0.1, 0.15) is 19.8 Å². The molecule has 0 aliphatic carbocycles. The van der Waals surface area contributed by atoms with Gasteiger partial charge in [0.15, 0.2) is 0 Å². The van der Waals surface area contributed by atoms with Crippen LogP contribution in [0, 0.1) is 0 Å². The molecule has 0 saturated heterocycles. The molecule has 0 bridgehead atoms. The van der Waals surface area contributed by atoms with Crippen LogP contribution in [0.15, 0.2) is 60.7 Å². The molecule has 0 aliphatic heterocycles. The summed E-state index contributed by atoms with van der Waals surface area (Å²) in [6, 6.07) is 18.9. The van der Waals surface area contributed by atoms with E-state index in [4.69, 9.17) is 16.3 Å². The molecule has 0 fully saturated rings. The van der Waals surface area contributed by atoms with Gasteiger partial charge < -0.3 is 15.4 Å². The Labute approximate surface area is 168 Å². The predicted octanol–water partition coefficient (Wildman–Crippen LogP) is 5.25. The second-order valence-electron chi connectivity index (χ2n) is 6.35. The maximum Gasteiger partial charge on any atom is 0.224 e. The van der Waals surface area contributed by atoms with Gasteiger partial charge in [-0.25, -0.2) is 0 Å². The molecule has 144 valence electrons. The highest BCUT2D eigenvalue weighted by molar-refractivity contribution is 6.33. The Morgan fingerprint density at radius 1 is 1.00 bits per heavy atom. The second kappa shape index (κ2) is 9.24. The minimum absolute atomic E-state index is 0.127. The zero-order valence-electron chi connectivity index (χ0n) is 15.5. The molecule has 5 nitrogen and oxygen atoms in total. The number of anilines is 2. The van der Waals surface area contributed by atoms with Crippen LogP contribution in [0.2, 0.25) is 5.02 Å². The molecule has 0 unspecified atom stereocenters. The van der Waals surface area contributed by atoms with Gasteiger partial charge in [-0.1, -0.05) is 48.0 Å². The number of nitrogens with one attached hydrogen (secondary N) is 2. The molecule has 28 heavy (non-hydrogen) atoms. The minimum Gasteiger partial charge on any atom is -0.493 e. The van der Waals surface area contributed by atoms with E-state index in [-0.39, 0.29) is 11.8 Å². The van der Waals surface area contributed by atoms with Gasteiger partial charge >= 0.3 is 0 Å². The zero-order chi connectivity index (χ0) is 19.9. The number of carbonyl (C=O) groups is 2. The molecule has 2 amide bonds. The average molecular weight is 397 g/mol. The fourth-order valence-corrected chi connectivity index (χ4v) is 3.01. The van der Waals surface area contributed by atoms with Gasteiger partial charge in [-0.2, -0.15) is 0 Å². The van der Waals surface area contributed by atoms with E-state index in [1.165, 1.54) is 6.92 Å². The molecular formula is C22H21ClN2O3. The Morgan fingerprint density at radius 3 is 2.61 bits per heavy atom. The third-order valence-corrected chi connectivity index (χ3v) is 4.45. The van der Waals surface area contributed by atoms with E-state index in [2.05, 4.69) is 10.6 Å². The highest BCUT2D eigenvalue weighted by Crippen LogP contribution is 2.26. The van der Waals surface area contributed by atoms with Crippen LogP contribution in [0.3, 0.4) is 0 Å². The monoisotopic (exact) mass is 396 g/mol. The number of amides is 2. The van der Waals surface area contributed by atoms with Gasteiger partial charge in [-0.15, -0.1) is 0 Å². The van der Waals surface area contributed by atoms with Crippen molar-refractivity contribution in [1.82, 2.24) is 0 Å². The molecule has 6 heteroatoms. The van der Waals surface area contributed by atoms with Crippen molar-refractivity contribution in [2.45, 2.75) is 19.8 Å². The van der Waals surface area contributed by atoms with Crippen LogP contribution in [-0.4, -0.2) is 18.4 Å². The van der Waals surface area contributed by atoms with Gasteiger partial charge in [0.2, 0.25) is 11.8 Å². The molecule has 2 N–H and O–H groups in total. The van der Waals surface area contributed by atoms with E-state index in [0.717, 1.165) is 16.5 Å². The summed E-state index contributed by atoms with van der Waals surface area (Å²) in [6.07, 6.45) is 0.907. The van der Waals surface area contributed by atoms with Gasteiger partial charge in [0.1, 0.15) is 5.75 Å². The largest absolute Gasteiger partial charge is 0.493 e. The number of ether oxygens (including phenoxy) is 1. The maximum absolute atomic E-state index is 12.2. The molecular weight excluding hydrogens is 376 g/mol. The number of hydrogen-bond acceptors (Lipinski definition) is 3. The standard InChI is InChI=1S/C22H21ClN2O3/c1-15(26)24-20-14-17(11-12-19(20)23)25-22(27)10-5-13-28-21-9-4-7-16-6-2-3-8-18(16)21/h2-4,6-9,11-12,14H,5,10,13H2,1H3,(H,24,26)(H,25,27). The number of hydrogen-bond donors (Lipinski definition) is 2. The number of fused-ring (bicyclic) bond motifs is 1. The molecule has 0 radical (unpaired) electrons. The first-order valence-corrected chi connectivity index (χ1v) is 9.38. The molecule has 0 spiro atoms. The highest BCUT2D eigenvalue weighted by atomic mass is 35.5. The first kappa shape index (κ1) is 19.7. The lowest BCUT2D eigenvalue weighted by Gasteiger charge is -2.11. The van der Waals surface area contributed by atoms with E-state index < -0.39 is 0 Å². The van der Waals surface area contributed by atoms with Crippen LogP contribution in [0.5, 0.6) is 5.75 Å². The van der Waals surface area contributed by atoms with Crippen molar-refractivity contribution in [3.63, 3.8) is 0 Å². The van der Waals surface area contributed by atoms with Crippen LogP contribution < -0.4 is 15.4 Å². The highest BCUT2D eigenvalue weighted by Gasteiger charge is 2.07. The fraction of sp³-hybridized carbons (Fsp3) is 0.182. The van der Waals surface area contributed by atoms with Crippen molar-refractivity contribution in [2.75, 3.05) is 17.2 Å². The molecule has 3 rings (SSSR count). The molecule has 3 aromatic rings. The third kappa shape index (κ3) is 5.24. The predicted molar refractivity (Wildman–Crippen MR) is 113 cm³/mol. The van der Waals surface area contributed by atoms with E-state index in [9.17, 15) is 9.59 Å². The summed E-state index contributed by atoms with van der Waals surface area (Å²) in [4.78, 5) is 23.4. The quantitative estimate of drug-likeness (QED) is 0.536. The molecule has 0 saturated carbocycles. The first-order chi connectivity index (χ1) is 13.5. The van der Waals surface area contributed by atoms with Crippen LogP contribution in [-0.2, 0) is 9.59 Å². The number of rotatable bonds is 7. The minimum atomic E-state index is -0.226. The summed E-state index contributed by atoms with van der Waals surface area (Å²) in [5, 5.41) is 8.03. The van der Waals surface area contributed by atoms with Crippen LogP contribution >= 0.6 is 11.6 Å². The number of halogens is 1. The Balaban J connectivity index is 1.50. The SMILES string of the molecule is CC(=O)Nc1cc(NC(=O)CCCOc2cccc3ccccc23)ccc1Cl. The third-order valence-electron chi connectivity index (χ3n) is 4.12. The van der Waals surface area contributed by atoms with Crippen molar-refractivity contribution < 1.29 is 14.3 Å². The van der Waals surface area contributed by atoms with E-state index in [0.29, 0.717) is 35.8 Å². The number of benzene rings is 3. The van der Waals surface area contributed by atoms with Gasteiger partial charge in [0, 0.05) is 24.4 Å². The lowest BCUT2D eigenvalue weighted by atomic mass is 10.1. The summed E-state index contributed by atoms with van der Waals surface area (Å²) >= 11 is 6.03. The van der Waals surface area contributed by atoms with Crippen LogP contribution in [0.4, 0.5) is 11.4 Å². The Kier molecular flexibility index (Phi) is 6.50. The van der Waals surface area contributed by atoms with Crippen molar-refractivity contribution in [1.29, 1.82) is 0 Å². The summed E-state index contributed by atoms with van der Waals surface area (Å²) in [5.41, 5.74) is 1.04. The Morgan fingerprint density at radius 2 is 1.79 bits per heavy atom. The molecule has 0 heterocycles. The van der Waals surface area contributed by atoms with Gasteiger partial charge in [-0.3, -0.25) is 9.59 Å². The average Bonchev–Trinajstić information content (AvgIpc) is 2.67. The summed E-state index contributed by atoms with van der Waals surface area (Å²) in [6.45, 7) is 1.84. The number of carbonyl (C=O) groups excluding carboxylic acids is 2. The maximum atomic E-state index is 12.2. The van der Waals surface area contributed by atoms with Gasteiger partial charge in [0.05, 0.1) is 17.3 Å². The second-order valence-corrected chi connectivity index (χ2v) is 6.76. The Bertz CT molecular complexity index is 999. The lowest BCUT2D eigenvalue weighted by Crippen LogP contribution is -2.13. The van der Waals surface area contributed by atoms with Crippen molar-refractivity contribution in [3.05, 3.63) is 65.7 Å². The van der Waals surface area contributed by atoms with E-state index >= 15 is 0 Å². The summed E-state index contributed by atoms with van der Waals surface area (Å²) < 4.78 is 5.85.